The molecule has 0 saturated heterocycles. The van der Waals surface area contributed by atoms with Crippen LogP contribution in [0.25, 0.3) is 11.0 Å². The number of fused-ring (bicyclic) bond motifs is 1. The average molecular weight is 443 g/mol. The van der Waals surface area contributed by atoms with Gasteiger partial charge in [-0.3, -0.25) is 4.79 Å². The van der Waals surface area contributed by atoms with Crippen LogP contribution >= 0.6 is 11.6 Å². The van der Waals surface area contributed by atoms with Gasteiger partial charge in [-0.15, -0.1) is 11.6 Å². The second-order valence-corrected chi connectivity index (χ2v) is 8.40. The molecular formula is C23H27ClN4O3. The van der Waals surface area contributed by atoms with Crippen molar-refractivity contribution in [2.24, 2.45) is 0 Å². The molecule has 2 heterocycles. The highest BCUT2D eigenvalue weighted by Crippen LogP contribution is 2.30. The molecule has 31 heavy (non-hydrogen) atoms. The Bertz CT molecular complexity index is 1100. The molecule has 1 atom stereocenters. The van der Waals surface area contributed by atoms with Crippen molar-refractivity contribution >= 4 is 34.3 Å². The molecule has 1 fully saturated rings. The normalized spacial score (nSPS) is 15.7. The number of ether oxygens (including phenoxy) is 1. The molecule has 0 spiro atoms. The molecule has 1 aliphatic rings. The molecule has 4 rings (SSSR count). The van der Waals surface area contributed by atoms with E-state index in [0.29, 0.717) is 23.3 Å². The first kappa shape index (κ1) is 21.4. The summed E-state index contributed by atoms with van der Waals surface area (Å²) >= 11 is 6.61. The number of nitrogens with one attached hydrogen (secondary N) is 2. The summed E-state index contributed by atoms with van der Waals surface area (Å²) in [4.78, 5) is 28.4. The highest BCUT2D eigenvalue weighted by Gasteiger charge is 2.25. The molecule has 3 aromatic rings. The predicted octanol–water partition coefficient (Wildman–Crippen LogP) is 4.63. The van der Waals surface area contributed by atoms with Crippen LogP contribution in [0.1, 0.15) is 60.3 Å². The Balaban J connectivity index is 1.74. The number of esters is 1. The number of halogens is 1. The molecule has 1 aliphatic carbocycles. The van der Waals surface area contributed by atoms with Gasteiger partial charge in [-0.2, -0.15) is 5.10 Å². The maximum atomic E-state index is 12.9. The van der Waals surface area contributed by atoms with E-state index >= 15 is 0 Å². The van der Waals surface area contributed by atoms with Gasteiger partial charge in [0.25, 0.3) is 5.56 Å². The van der Waals surface area contributed by atoms with Gasteiger partial charge in [-0.05, 0) is 25.3 Å². The Kier molecular flexibility index (Phi) is 6.61. The molecule has 0 aliphatic heterocycles. The SMILES string of the molecule is CCOC(=O)c1c(NC2CCCCC2)c2cnn(CC(Cl)c3ccccc3)c2[nH]c1=O. The maximum Gasteiger partial charge on any atom is 0.345 e. The van der Waals surface area contributed by atoms with Gasteiger partial charge < -0.3 is 15.0 Å². The minimum Gasteiger partial charge on any atom is -0.462 e. The van der Waals surface area contributed by atoms with Gasteiger partial charge in [0.15, 0.2) is 0 Å². The minimum absolute atomic E-state index is 0.00459. The number of aromatic nitrogens is 3. The lowest BCUT2D eigenvalue weighted by atomic mass is 9.95. The number of pyridine rings is 1. The van der Waals surface area contributed by atoms with Gasteiger partial charge in [0.05, 0.1) is 35.8 Å². The standard InChI is InChI=1S/C23H27ClN4O3/c1-2-31-23(30)19-20(26-16-11-7-4-8-12-16)17-13-25-28(21(17)27-22(19)29)14-18(24)15-9-5-3-6-10-15/h3,5-6,9-10,13,16,18H,2,4,7-8,11-12,14H2,1H3,(H2,26,27,29). The third-order valence-corrected chi connectivity index (χ3v) is 6.14. The van der Waals surface area contributed by atoms with Crippen molar-refractivity contribution in [3.8, 4) is 0 Å². The number of alkyl halides is 1. The van der Waals surface area contributed by atoms with Crippen LogP contribution in [0.4, 0.5) is 5.69 Å². The van der Waals surface area contributed by atoms with E-state index < -0.39 is 11.5 Å². The highest BCUT2D eigenvalue weighted by atomic mass is 35.5. The monoisotopic (exact) mass is 442 g/mol. The molecule has 0 radical (unpaired) electrons. The van der Waals surface area contributed by atoms with Crippen LogP contribution in [-0.2, 0) is 11.3 Å². The molecule has 1 unspecified atom stereocenters. The number of H-pyrrole nitrogens is 1. The minimum atomic E-state index is -0.629. The van der Waals surface area contributed by atoms with Crippen LogP contribution in [0.15, 0.2) is 41.3 Å². The van der Waals surface area contributed by atoms with Crippen molar-refractivity contribution in [1.29, 1.82) is 0 Å². The summed E-state index contributed by atoms with van der Waals surface area (Å²) in [5.74, 6) is -0.629. The molecule has 0 amide bonds. The fourth-order valence-electron chi connectivity index (χ4n) is 4.17. The van der Waals surface area contributed by atoms with Crippen LogP contribution in [0.5, 0.6) is 0 Å². The number of nitrogens with zero attached hydrogens (tertiary/aromatic N) is 2. The summed E-state index contributed by atoms with van der Waals surface area (Å²) in [5.41, 5.74) is 1.53. The number of carbonyl (C=O) groups is 1. The Morgan fingerprint density at radius 3 is 2.74 bits per heavy atom. The molecule has 1 aromatic carbocycles. The Morgan fingerprint density at radius 2 is 2.03 bits per heavy atom. The molecule has 8 heteroatoms. The zero-order valence-corrected chi connectivity index (χ0v) is 18.3. The van der Waals surface area contributed by atoms with Crippen molar-refractivity contribution in [1.82, 2.24) is 14.8 Å². The second-order valence-electron chi connectivity index (χ2n) is 7.87. The second kappa shape index (κ2) is 9.56. The Morgan fingerprint density at radius 1 is 1.29 bits per heavy atom. The van der Waals surface area contributed by atoms with Crippen molar-refractivity contribution in [3.63, 3.8) is 0 Å². The molecule has 1 saturated carbocycles. The van der Waals surface area contributed by atoms with Gasteiger partial charge in [0.2, 0.25) is 0 Å². The third-order valence-electron chi connectivity index (χ3n) is 5.75. The zero-order chi connectivity index (χ0) is 21.8. The van der Waals surface area contributed by atoms with Gasteiger partial charge in [0.1, 0.15) is 11.2 Å². The van der Waals surface area contributed by atoms with Crippen molar-refractivity contribution < 1.29 is 9.53 Å². The van der Waals surface area contributed by atoms with E-state index in [-0.39, 0.29) is 23.6 Å². The van der Waals surface area contributed by atoms with E-state index in [0.717, 1.165) is 31.2 Å². The quantitative estimate of drug-likeness (QED) is 0.411. The van der Waals surface area contributed by atoms with Crippen LogP contribution in [0.3, 0.4) is 0 Å². The number of hydrogen-bond donors (Lipinski definition) is 2. The number of carbonyl (C=O) groups excluding carboxylic acids is 1. The summed E-state index contributed by atoms with van der Waals surface area (Å²) in [6, 6.07) is 9.94. The number of rotatable bonds is 7. The lowest BCUT2D eigenvalue weighted by Crippen LogP contribution is -2.28. The molecule has 164 valence electrons. The summed E-state index contributed by atoms with van der Waals surface area (Å²) < 4.78 is 6.85. The van der Waals surface area contributed by atoms with E-state index in [1.54, 1.807) is 17.8 Å². The van der Waals surface area contributed by atoms with Crippen LogP contribution in [0, 0.1) is 0 Å². The zero-order valence-electron chi connectivity index (χ0n) is 17.6. The number of aromatic amines is 1. The summed E-state index contributed by atoms with van der Waals surface area (Å²) in [7, 11) is 0. The van der Waals surface area contributed by atoms with Gasteiger partial charge in [-0.25, -0.2) is 9.48 Å². The molecule has 7 nitrogen and oxygen atoms in total. The van der Waals surface area contributed by atoms with Crippen LogP contribution in [0.2, 0.25) is 0 Å². The topological polar surface area (TPSA) is 89.0 Å². The Labute approximate surface area is 185 Å². The number of hydrogen-bond acceptors (Lipinski definition) is 5. The predicted molar refractivity (Wildman–Crippen MR) is 122 cm³/mol. The van der Waals surface area contributed by atoms with Crippen molar-refractivity contribution in [2.45, 2.75) is 57.0 Å². The van der Waals surface area contributed by atoms with Gasteiger partial charge >= 0.3 is 5.97 Å². The van der Waals surface area contributed by atoms with E-state index in [9.17, 15) is 9.59 Å². The summed E-state index contributed by atoms with van der Waals surface area (Å²) in [5, 5.41) is 8.31. The molecule has 2 aromatic heterocycles. The lowest BCUT2D eigenvalue weighted by molar-refractivity contribution is 0.0525. The van der Waals surface area contributed by atoms with E-state index in [2.05, 4.69) is 15.4 Å². The largest absolute Gasteiger partial charge is 0.462 e. The number of benzene rings is 1. The Hall–Kier alpha value is -2.80. The molecule has 2 N–H and O–H groups in total. The van der Waals surface area contributed by atoms with Crippen molar-refractivity contribution in [3.05, 3.63) is 58.0 Å². The first-order valence-electron chi connectivity index (χ1n) is 10.8. The summed E-state index contributed by atoms with van der Waals surface area (Å²) in [6.45, 7) is 2.30. The fraction of sp³-hybridized carbons (Fsp3) is 0.435. The smallest absolute Gasteiger partial charge is 0.345 e. The summed E-state index contributed by atoms with van der Waals surface area (Å²) in [6.07, 6.45) is 7.15. The first-order valence-corrected chi connectivity index (χ1v) is 11.3. The molecule has 0 bridgehead atoms. The van der Waals surface area contributed by atoms with Gasteiger partial charge in [-0.1, -0.05) is 49.6 Å². The number of anilines is 1. The third kappa shape index (κ3) is 4.61. The van der Waals surface area contributed by atoms with E-state index in [1.807, 2.05) is 30.3 Å². The van der Waals surface area contributed by atoms with Crippen LogP contribution in [-0.4, -0.2) is 33.4 Å². The highest BCUT2D eigenvalue weighted by molar-refractivity contribution is 6.20. The first-order chi connectivity index (χ1) is 15.1. The van der Waals surface area contributed by atoms with Gasteiger partial charge in [0, 0.05) is 6.04 Å². The molecular weight excluding hydrogens is 416 g/mol. The van der Waals surface area contributed by atoms with E-state index in [1.165, 1.54) is 6.42 Å². The lowest BCUT2D eigenvalue weighted by Gasteiger charge is -2.25. The maximum absolute atomic E-state index is 12.9. The fourth-order valence-corrected chi connectivity index (χ4v) is 4.45. The van der Waals surface area contributed by atoms with Crippen LogP contribution < -0.4 is 10.9 Å². The van der Waals surface area contributed by atoms with Crippen molar-refractivity contribution in [2.75, 3.05) is 11.9 Å². The van der Waals surface area contributed by atoms with E-state index in [4.69, 9.17) is 16.3 Å². The average Bonchev–Trinajstić information content (AvgIpc) is 3.17.